The molecule has 0 saturated carbocycles. The predicted octanol–water partition coefficient (Wildman–Crippen LogP) is 1.93. The van der Waals surface area contributed by atoms with Gasteiger partial charge in [0.05, 0.1) is 6.10 Å². The molecule has 1 unspecified atom stereocenters. The maximum absolute atomic E-state index is 10.6. The van der Waals surface area contributed by atoms with E-state index in [1.54, 1.807) is 6.92 Å². The summed E-state index contributed by atoms with van der Waals surface area (Å²) in [5.74, 6) is -1.27. The largest absolute Gasteiger partial charge is 0.478 e. The van der Waals surface area contributed by atoms with Gasteiger partial charge in [-0.3, -0.25) is 0 Å². The van der Waals surface area contributed by atoms with Crippen LogP contribution in [0.2, 0.25) is 0 Å². The van der Waals surface area contributed by atoms with Crippen LogP contribution in [0.25, 0.3) is 0 Å². The lowest BCUT2D eigenvalue weighted by molar-refractivity contribution is -0.141. The summed E-state index contributed by atoms with van der Waals surface area (Å²) in [7, 11) is 0. The van der Waals surface area contributed by atoms with Gasteiger partial charge in [-0.15, -0.1) is 0 Å². The second-order valence-corrected chi connectivity index (χ2v) is 3.73. The molecule has 1 rings (SSSR count). The molecule has 1 saturated heterocycles. The molecule has 102 valence electrons. The molecule has 0 aromatic carbocycles. The average Bonchev–Trinajstić information content (AvgIpc) is 2.88. The molecule has 1 atom stereocenters. The van der Waals surface area contributed by atoms with Gasteiger partial charge in [0.15, 0.2) is 0 Å². The van der Waals surface area contributed by atoms with Gasteiger partial charge in [0.25, 0.3) is 0 Å². The number of hydrogen-bond donors (Lipinski definition) is 1. The lowest BCUT2D eigenvalue weighted by atomic mass is 10.2. The molecule has 0 aliphatic carbocycles. The lowest BCUT2D eigenvalue weighted by Gasteiger charge is -2.07. The van der Waals surface area contributed by atoms with E-state index < -0.39 is 5.97 Å². The summed E-state index contributed by atoms with van der Waals surface area (Å²) >= 11 is 0. The summed E-state index contributed by atoms with van der Waals surface area (Å²) in [4.78, 5) is 20.4. The fourth-order valence-electron chi connectivity index (χ4n) is 1.16. The van der Waals surface area contributed by atoms with Gasteiger partial charge in [-0.25, -0.2) is 9.59 Å². The molecule has 1 aliphatic heterocycles. The highest BCUT2D eigenvalue weighted by Gasteiger charge is 2.16. The zero-order valence-corrected chi connectivity index (χ0v) is 10.7. The molecule has 18 heavy (non-hydrogen) atoms. The van der Waals surface area contributed by atoms with Gasteiger partial charge < -0.3 is 14.6 Å². The molecule has 1 fully saturated rings. The molecular weight excluding hydrogens is 236 g/mol. The fraction of sp³-hybridized carbons (Fsp3) is 0.538. The predicted molar refractivity (Wildman–Crippen MR) is 67.2 cm³/mol. The maximum Gasteiger partial charge on any atom is 0.330 e. The van der Waals surface area contributed by atoms with E-state index in [0.717, 1.165) is 25.5 Å². The molecule has 0 aromatic rings. The number of rotatable bonds is 5. The molecule has 0 bridgehead atoms. The Hall–Kier alpha value is -1.62. The van der Waals surface area contributed by atoms with Crippen molar-refractivity contribution in [1.82, 2.24) is 0 Å². The first-order valence-corrected chi connectivity index (χ1v) is 5.83. The van der Waals surface area contributed by atoms with Crippen molar-refractivity contribution in [1.29, 1.82) is 0 Å². The van der Waals surface area contributed by atoms with E-state index in [9.17, 15) is 9.59 Å². The third-order valence-corrected chi connectivity index (χ3v) is 2.33. The molecule has 0 radical (unpaired) electrons. The van der Waals surface area contributed by atoms with E-state index in [-0.39, 0.29) is 17.6 Å². The Morgan fingerprint density at radius 1 is 1.56 bits per heavy atom. The fourth-order valence-corrected chi connectivity index (χ4v) is 1.16. The molecule has 0 spiro atoms. The summed E-state index contributed by atoms with van der Waals surface area (Å²) in [6, 6.07) is 0. The first-order valence-electron chi connectivity index (χ1n) is 5.83. The van der Waals surface area contributed by atoms with Gasteiger partial charge in [-0.2, -0.15) is 0 Å². The monoisotopic (exact) mass is 256 g/mol. The summed E-state index contributed by atoms with van der Waals surface area (Å²) in [5, 5.41) is 8.08. The Morgan fingerprint density at radius 2 is 2.22 bits per heavy atom. The van der Waals surface area contributed by atoms with E-state index in [1.165, 1.54) is 0 Å². The second kappa shape index (κ2) is 9.41. The van der Waals surface area contributed by atoms with Gasteiger partial charge in [-0.05, 0) is 19.3 Å². The van der Waals surface area contributed by atoms with Crippen molar-refractivity contribution >= 4 is 11.9 Å². The van der Waals surface area contributed by atoms with Crippen molar-refractivity contribution in [3.8, 4) is 0 Å². The van der Waals surface area contributed by atoms with Crippen LogP contribution < -0.4 is 0 Å². The molecule has 5 heteroatoms. The van der Waals surface area contributed by atoms with Crippen LogP contribution in [0.3, 0.4) is 0 Å². The number of hydrogen-bond acceptors (Lipinski definition) is 4. The normalized spacial score (nSPS) is 17.3. The maximum atomic E-state index is 10.6. The summed E-state index contributed by atoms with van der Waals surface area (Å²) in [6.07, 6.45) is 3.85. The molecule has 1 N–H and O–H groups in total. The van der Waals surface area contributed by atoms with Crippen molar-refractivity contribution in [2.24, 2.45) is 0 Å². The standard InChI is InChI=1S/C8H12O3.C5H8O2/c1-2-8(9)11-6-7-4-3-5-10-7;1-3-4(2)5(6)7/h2,7H,1,3-6H2;2-3H2,1H3,(H,6,7). The van der Waals surface area contributed by atoms with Crippen LogP contribution in [-0.4, -0.2) is 36.4 Å². The van der Waals surface area contributed by atoms with Crippen LogP contribution in [0, 0.1) is 0 Å². The van der Waals surface area contributed by atoms with Crippen LogP contribution in [-0.2, 0) is 19.1 Å². The topological polar surface area (TPSA) is 72.8 Å². The van der Waals surface area contributed by atoms with Crippen LogP contribution in [0.1, 0.15) is 26.2 Å². The van der Waals surface area contributed by atoms with Gasteiger partial charge in [0.1, 0.15) is 6.61 Å². The minimum atomic E-state index is -0.900. The van der Waals surface area contributed by atoms with E-state index in [1.807, 2.05) is 0 Å². The van der Waals surface area contributed by atoms with E-state index in [2.05, 4.69) is 13.2 Å². The molecule has 0 amide bonds. The smallest absolute Gasteiger partial charge is 0.330 e. The molecule has 1 aliphatic rings. The van der Waals surface area contributed by atoms with Crippen LogP contribution in [0.5, 0.6) is 0 Å². The van der Waals surface area contributed by atoms with Crippen LogP contribution in [0.15, 0.2) is 24.8 Å². The van der Waals surface area contributed by atoms with E-state index in [0.29, 0.717) is 13.0 Å². The average molecular weight is 256 g/mol. The first kappa shape index (κ1) is 16.4. The highest BCUT2D eigenvalue weighted by molar-refractivity contribution is 5.85. The Balaban J connectivity index is 0.000000360. The summed E-state index contributed by atoms with van der Waals surface area (Å²) < 4.78 is 10.0. The van der Waals surface area contributed by atoms with Gasteiger partial charge in [-0.1, -0.05) is 20.1 Å². The van der Waals surface area contributed by atoms with E-state index in [4.69, 9.17) is 14.6 Å². The van der Waals surface area contributed by atoms with Crippen molar-refractivity contribution in [2.75, 3.05) is 13.2 Å². The van der Waals surface area contributed by atoms with Gasteiger partial charge in [0, 0.05) is 18.3 Å². The van der Waals surface area contributed by atoms with Crippen LogP contribution >= 0.6 is 0 Å². The van der Waals surface area contributed by atoms with Crippen LogP contribution in [0.4, 0.5) is 0 Å². The number of carboxylic acid groups (broad SMARTS) is 1. The first-order chi connectivity index (χ1) is 8.51. The quantitative estimate of drug-likeness (QED) is 0.601. The molecule has 5 nitrogen and oxygen atoms in total. The zero-order chi connectivity index (χ0) is 14.0. The molecular formula is C13H20O5. The Kier molecular flexibility index (Phi) is 8.57. The number of ether oxygens (including phenoxy) is 2. The number of carbonyl (C=O) groups excluding carboxylic acids is 1. The lowest BCUT2D eigenvalue weighted by Crippen LogP contribution is -2.16. The Bertz CT molecular complexity index is 303. The highest BCUT2D eigenvalue weighted by atomic mass is 16.6. The van der Waals surface area contributed by atoms with Crippen molar-refractivity contribution < 1.29 is 24.2 Å². The molecule has 1 heterocycles. The summed E-state index contributed by atoms with van der Waals surface area (Å²) in [6.45, 7) is 9.48. The Labute approximate surface area is 107 Å². The van der Waals surface area contributed by atoms with Gasteiger partial charge in [0.2, 0.25) is 0 Å². The second-order valence-electron chi connectivity index (χ2n) is 3.73. The Morgan fingerprint density at radius 3 is 2.56 bits per heavy atom. The third-order valence-electron chi connectivity index (χ3n) is 2.33. The van der Waals surface area contributed by atoms with Crippen molar-refractivity contribution in [2.45, 2.75) is 32.3 Å². The van der Waals surface area contributed by atoms with E-state index >= 15 is 0 Å². The minimum absolute atomic E-state index is 0.110. The summed E-state index contributed by atoms with van der Waals surface area (Å²) in [5.41, 5.74) is 0.264. The minimum Gasteiger partial charge on any atom is -0.478 e. The number of carbonyl (C=O) groups is 2. The number of carboxylic acids is 1. The van der Waals surface area contributed by atoms with Gasteiger partial charge >= 0.3 is 11.9 Å². The number of aliphatic carboxylic acids is 1. The molecule has 0 aromatic heterocycles. The highest BCUT2D eigenvalue weighted by Crippen LogP contribution is 2.11. The third kappa shape index (κ3) is 7.62. The SMILES string of the molecule is C=C(CC)C(=O)O.C=CC(=O)OCC1CCCO1. The zero-order valence-electron chi connectivity index (χ0n) is 10.7. The van der Waals surface area contributed by atoms with Crippen molar-refractivity contribution in [3.63, 3.8) is 0 Å². The van der Waals surface area contributed by atoms with Crippen molar-refractivity contribution in [3.05, 3.63) is 24.8 Å². The number of esters is 1.